The van der Waals surface area contributed by atoms with E-state index in [2.05, 4.69) is 79.4 Å². The first kappa shape index (κ1) is 98.9. The van der Waals surface area contributed by atoms with Crippen molar-refractivity contribution >= 4 is 123 Å². The van der Waals surface area contributed by atoms with Crippen LogP contribution in [0.25, 0.3) is 10.9 Å². The molecule has 1 fully saturated rings. The van der Waals surface area contributed by atoms with Gasteiger partial charge in [-0.15, -0.1) is 0 Å². The number of aliphatic carboxylic acids is 1. The number of carboxylic acids is 1. The molecule has 18 amide bonds. The number of hydrogen-bond acceptors (Lipinski definition) is 19. The molecule has 22 N–H and O–H groups in total. The van der Waals surface area contributed by atoms with Crippen molar-refractivity contribution in [1.29, 1.82) is 0 Å². The SMILES string of the molecule is CCC(C)C(NC(=O)C(CCC(N)=O)NC(=O)C(C)(C)NC(=O)C(C)(C)NC(=O)C(C)(C)NC(=O)C(CCC(N)=O)NC(=O)C(NC(=O)C(NC(=O)C(C)(C)NC(=O)C(C)(C)NC(=O)C(Cc1c[nH]c2ccccc12)NC(C)=O)C(C)CC)C(C)C)C(=O)NC(C)(C)C(=O)N1CCCC1C(=O)NC(CCC(N)=O)C(=O)NC(C)C(=O)O. The van der Waals surface area contributed by atoms with Crippen LogP contribution in [-0.2, 0) is 97.5 Å². The fourth-order valence-electron chi connectivity index (χ4n) is 12.1. The fraction of sp³-hybridized carbons (Fsp3) is 0.649. The van der Waals surface area contributed by atoms with Gasteiger partial charge in [-0.25, -0.2) is 0 Å². The molecule has 39 nitrogen and oxygen atoms in total. The van der Waals surface area contributed by atoms with Crippen LogP contribution in [0, 0.1) is 17.8 Å². The Morgan fingerprint density at radius 3 is 1.31 bits per heavy atom. The summed E-state index contributed by atoms with van der Waals surface area (Å²) >= 11 is 0. The summed E-state index contributed by atoms with van der Waals surface area (Å²) in [5, 5.41) is 46.0. The van der Waals surface area contributed by atoms with Crippen LogP contribution in [0.15, 0.2) is 30.5 Å². The molecule has 39 heteroatoms. The number of nitrogens with zero attached hydrogens (tertiary/aromatic N) is 1. The Labute approximate surface area is 675 Å². The third-order valence-electron chi connectivity index (χ3n) is 20.0. The topological polar surface area (TPSA) is 610 Å². The van der Waals surface area contributed by atoms with E-state index < -0.39 is 243 Å². The van der Waals surface area contributed by atoms with E-state index >= 15 is 0 Å². The average molecular weight is 1630 g/mol. The zero-order chi connectivity index (χ0) is 88.8. The van der Waals surface area contributed by atoms with E-state index in [1.165, 1.54) is 102 Å². The molecule has 1 saturated heterocycles. The number of H-pyrrole nitrogens is 1. The van der Waals surface area contributed by atoms with Gasteiger partial charge in [-0.1, -0.05) is 72.6 Å². The molecular weight excluding hydrogens is 1510 g/mol. The molecule has 11 unspecified atom stereocenters. The van der Waals surface area contributed by atoms with E-state index in [9.17, 15) is 96.2 Å². The number of nitrogens with two attached hydrogens (primary N) is 3. The van der Waals surface area contributed by atoms with Gasteiger partial charge >= 0.3 is 5.97 Å². The van der Waals surface area contributed by atoms with Gasteiger partial charge in [0.1, 0.15) is 87.6 Å². The van der Waals surface area contributed by atoms with Crippen molar-refractivity contribution in [3.8, 4) is 0 Å². The van der Waals surface area contributed by atoms with Gasteiger partial charge in [0.25, 0.3) is 0 Å². The molecule has 1 aliphatic heterocycles. The van der Waals surface area contributed by atoms with Crippen molar-refractivity contribution in [2.75, 3.05) is 6.54 Å². The number of amides is 18. The van der Waals surface area contributed by atoms with Crippen LogP contribution in [0.2, 0.25) is 0 Å². The highest BCUT2D eigenvalue weighted by Crippen LogP contribution is 2.25. The second-order valence-electron chi connectivity index (χ2n) is 33.2. The molecule has 1 aromatic carbocycles. The highest BCUT2D eigenvalue weighted by Gasteiger charge is 2.47. The zero-order valence-electron chi connectivity index (χ0n) is 70.2. The number of carbonyl (C=O) groups excluding carboxylic acids is 18. The second kappa shape index (κ2) is 41.8. The Bertz CT molecular complexity index is 4010. The van der Waals surface area contributed by atoms with Gasteiger partial charge in [0.15, 0.2) is 0 Å². The van der Waals surface area contributed by atoms with Crippen LogP contribution in [0.5, 0.6) is 0 Å². The molecule has 11 atom stereocenters. The number of likely N-dealkylation sites (tertiary alicyclic amines) is 1. The number of nitrogens with one attached hydrogen (secondary N) is 15. The van der Waals surface area contributed by atoms with Gasteiger partial charge in [0.2, 0.25) is 106 Å². The van der Waals surface area contributed by atoms with Crippen molar-refractivity contribution in [2.45, 2.75) is 297 Å². The van der Waals surface area contributed by atoms with Gasteiger partial charge in [0.05, 0.1) is 0 Å². The highest BCUT2D eigenvalue weighted by molar-refractivity contribution is 6.04. The maximum atomic E-state index is 14.4. The third kappa shape index (κ3) is 28.9. The lowest BCUT2D eigenvalue weighted by molar-refractivity contribution is -0.146. The number of carboxylic acid groups (broad SMARTS) is 1. The van der Waals surface area contributed by atoms with E-state index in [1.807, 2.05) is 24.3 Å². The zero-order valence-corrected chi connectivity index (χ0v) is 70.2. The standard InChI is InChI=1S/C77H123N19O20/c1-21-39(5)55(89-67(112)73(11,12)93-68(113)75(15,16)91-60(104)49(83-42(8)97)36-43-37-81-45-27-24-23-26-44(43)45)63(107)87-54(38(3)4)62(106)85-48(31-34-53(80)100)59(103)90-74(13,14)69(114)95-76(17,18)70(115)94-72(9,10)66(111)86-47(30-33-52(79)99)58(102)88-56(40(6)22-2)64(108)92-77(19,20)71(116)96-35-25-28-50(96)61(105)84-46(29-32-51(78)98)57(101)82-41(7)65(109)110/h23-24,26-27,37-41,46-50,54-56,81H,21-22,25,28-36H2,1-20H3,(H2,78,98)(H2,79,99)(H2,80,100)(H,82,101)(H,83,97)(H,84,105)(H,85,106)(H,86,111)(H,87,107)(H,88,102)(H,89,112)(H,90,103)(H,91,104)(H,92,108)(H,93,113)(H,94,115)(H,95,114)(H,109,110). The first-order valence-corrected chi connectivity index (χ1v) is 38.7. The van der Waals surface area contributed by atoms with Crippen LogP contribution >= 0.6 is 0 Å². The summed E-state index contributed by atoms with van der Waals surface area (Å²) in [5.41, 5.74) is 6.75. The Hall–Kier alpha value is -11.3. The maximum Gasteiger partial charge on any atom is 0.325 e. The summed E-state index contributed by atoms with van der Waals surface area (Å²) in [6, 6.07) is -5.18. The lowest BCUT2D eigenvalue weighted by Gasteiger charge is -2.36. The fourth-order valence-corrected chi connectivity index (χ4v) is 12.1. The molecule has 0 saturated carbocycles. The normalized spacial score (nSPS) is 15.9. The molecule has 646 valence electrons. The van der Waals surface area contributed by atoms with E-state index in [0.29, 0.717) is 12.8 Å². The Morgan fingerprint density at radius 2 is 0.853 bits per heavy atom. The van der Waals surface area contributed by atoms with Crippen molar-refractivity contribution in [1.82, 2.24) is 84.3 Å². The minimum Gasteiger partial charge on any atom is -0.480 e. The highest BCUT2D eigenvalue weighted by atomic mass is 16.4. The van der Waals surface area contributed by atoms with Crippen molar-refractivity contribution < 1.29 is 96.2 Å². The van der Waals surface area contributed by atoms with Crippen LogP contribution in [-0.4, -0.2) is 221 Å². The van der Waals surface area contributed by atoms with Crippen LogP contribution in [0.4, 0.5) is 0 Å². The maximum absolute atomic E-state index is 14.4. The molecule has 0 spiro atoms. The van der Waals surface area contributed by atoms with Crippen LogP contribution in [0.3, 0.4) is 0 Å². The lowest BCUT2D eigenvalue weighted by atomic mass is 9.94. The lowest BCUT2D eigenvalue weighted by Crippen LogP contribution is -2.67. The molecule has 116 heavy (non-hydrogen) atoms. The summed E-state index contributed by atoms with van der Waals surface area (Å²) in [6.45, 7) is 28.0. The molecule has 0 bridgehead atoms. The molecular formula is C77H123N19O20. The van der Waals surface area contributed by atoms with E-state index in [0.717, 1.165) is 16.5 Å². The molecule has 2 aromatic rings. The van der Waals surface area contributed by atoms with E-state index in [1.54, 1.807) is 47.7 Å². The van der Waals surface area contributed by atoms with Gasteiger partial charge in [-0.3, -0.25) is 91.1 Å². The van der Waals surface area contributed by atoms with Gasteiger partial charge in [-0.2, -0.15) is 0 Å². The number of para-hydroxylation sites is 1. The summed E-state index contributed by atoms with van der Waals surface area (Å²) < 4.78 is 0. The van der Waals surface area contributed by atoms with E-state index in [4.69, 9.17) is 17.2 Å². The Kier molecular flexibility index (Phi) is 35.7. The number of primary amides is 3. The molecule has 3 rings (SSSR count). The Morgan fingerprint density at radius 1 is 0.457 bits per heavy atom. The third-order valence-corrected chi connectivity index (χ3v) is 20.0. The Balaban J connectivity index is 1.77. The first-order valence-electron chi connectivity index (χ1n) is 38.7. The number of aromatic amines is 1. The number of carbonyl (C=O) groups is 19. The predicted molar refractivity (Wildman–Crippen MR) is 424 cm³/mol. The number of benzene rings is 1. The minimum atomic E-state index is -1.95. The number of hydrogen-bond donors (Lipinski definition) is 19. The number of aromatic nitrogens is 1. The molecule has 0 aliphatic carbocycles. The van der Waals surface area contributed by atoms with Crippen LogP contribution < -0.4 is 91.6 Å². The first-order chi connectivity index (χ1) is 53.4. The van der Waals surface area contributed by atoms with Crippen molar-refractivity contribution in [3.05, 3.63) is 36.0 Å². The van der Waals surface area contributed by atoms with Gasteiger partial charge in [-0.05, 0) is 151 Å². The van der Waals surface area contributed by atoms with Gasteiger partial charge < -0.3 is 107 Å². The summed E-state index contributed by atoms with van der Waals surface area (Å²) in [7, 11) is 0. The van der Waals surface area contributed by atoms with Crippen LogP contribution in [0.1, 0.15) is 208 Å². The monoisotopic (exact) mass is 1630 g/mol. The summed E-state index contributed by atoms with van der Waals surface area (Å²) in [5.74, 6) is -19.0. The molecule has 1 aliphatic rings. The van der Waals surface area contributed by atoms with Crippen molar-refractivity contribution in [2.24, 2.45) is 35.0 Å². The largest absolute Gasteiger partial charge is 0.480 e. The second-order valence-corrected chi connectivity index (χ2v) is 33.2. The van der Waals surface area contributed by atoms with Gasteiger partial charge in [0, 0.05) is 56.3 Å². The number of rotatable bonds is 45. The molecule has 1 aromatic heterocycles. The predicted octanol–water partition coefficient (Wildman–Crippen LogP) is -2.38. The summed E-state index contributed by atoms with van der Waals surface area (Å²) in [4.78, 5) is 262. The average Bonchev–Trinajstić information content (AvgIpc) is 1.34. The molecule has 0 radical (unpaired) electrons. The summed E-state index contributed by atoms with van der Waals surface area (Å²) in [6.07, 6.45) is 0.290. The smallest absolute Gasteiger partial charge is 0.325 e. The molecule has 2 heterocycles. The quantitative estimate of drug-likeness (QED) is 0.0329. The minimum absolute atomic E-state index is 0.0223. The number of fused-ring (bicyclic) bond motifs is 1. The van der Waals surface area contributed by atoms with Crippen molar-refractivity contribution in [3.63, 3.8) is 0 Å². The van der Waals surface area contributed by atoms with E-state index in [-0.39, 0.29) is 38.6 Å².